The second-order valence-electron chi connectivity index (χ2n) is 5.14. The van der Waals surface area contributed by atoms with Crippen molar-refractivity contribution in [3.8, 4) is 11.5 Å². The van der Waals surface area contributed by atoms with E-state index in [0.717, 1.165) is 29.0 Å². The Balaban J connectivity index is 1.60. The van der Waals surface area contributed by atoms with Crippen molar-refractivity contribution >= 4 is 5.91 Å². The summed E-state index contributed by atoms with van der Waals surface area (Å²) in [5.41, 5.74) is 7.48. The summed E-state index contributed by atoms with van der Waals surface area (Å²) in [6, 6.07) is 14.9. The van der Waals surface area contributed by atoms with Gasteiger partial charge in [0, 0.05) is 6.54 Å². The number of nitrogens with two attached hydrogens (primary N) is 1. The van der Waals surface area contributed by atoms with Gasteiger partial charge >= 0.3 is 0 Å². The number of amides is 1. The molecule has 0 saturated heterocycles. The molecule has 5 heteroatoms. The number of primary amides is 1. The molecule has 0 saturated carbocycles. The van der Waals surface area contributed by atoms with Crippen molar-refractivity contribution in [3.63, 3.8) is 0 Å². The zero-order valence-electron chi connectivity index (χ0n) is 12.1. The molecule has 114 valence electrons. The maximum absolute atomic E-state index is 11.6. The number of rotatable bonds is 6. The van der Waals surface area contributed by atoms with Crippen LogP contribution in [0.25, 0.3) is 0 Å². The lowest BCUT2D eigenvalue weighted by atomic mass is 10.1. The van der Waals surface area contributed by atoms with Gasteiger partial charge in [0.25, 0.3) is 0 Å². The van der Waals surface area contributed by atoms with Crippen molar-refractivity contribution in [1.29, 1.82) is 0 Å². The molecule has 3 N–H and O–H groups in total. The van der Waals surface area contributed by atoms with Crippen molar-refractivity contribution in [2.75, 3.05) is 13.3 Å². The first kappa shape index (κ1) is 14.4. The Morgan fingerprint density at radius 3 is 2.68 bits per heavy atom. The summed E-state index contributed by atoms with van der Waals surface area (Å²) in [5, 5.41) is 3.21. The third-order valence-electron chi connectivity index (χ3n) is 3.62. The van der Waals surface area contributed by atoms with Crippen LogP contribution in [0.2, 0.25) is 0 Å². The highest BCUT2D eigenvalue weighted by Gasteiger charge is 2.17. The summed E-state index contributed by atoms with van der Waals surface area (Å²) < 4.78 is 10.6. The lowest BCUT2D eigenvalue weighted by Gasteiger charge is -2.15. The smallest absolute Gasteiger partial charge is 0.239 e. The van der Waals surface area contributed by atoms with Crippen LogP contribution in [0.1, 0.15) is 17.2 Å². The van der Waals surface area contributed by atoms with E-state index < -0.39 is 6.04 Å². The fraction of sp³-hybridized carbons (Fsp3) is 0.235. The minimum absolute atomic E-state index is 0.273. The highest BCUT2D eigenvalue weighted by molar-refractivity contribution is 5.81. The maximum Gasteiger partial charge on any atom is 0.239 e. The molecule has 5 nitrogen and oxygen atoms in total. The van der Waals surface area contributed by atoms with Crippen molar-refractivity contribution in [2.24, 2.45) is 5.73 Å². The highest BCUT2D eigenvalue weighted by atomic mass is 16.7. The van der Waals surface area contributed by atoms with Crippen LogP contribution < -0.4 is 20.5 Å². The normalized spacial score (nSPS) is 13.8. The number of benzene rings is 2. The molecule has 1 aliphatic heterocycles. The van der Waals surface area contributed by atoms with E-state index in [1.54, 1.807) is 0 Å². The van der Waals surface area contributed by atoms with Crippen molar-refractivity contribution < 1.29 is 14.3 Å². The molecule has 1 amide bonds. The monoisotopic (exact) mass is 298 g/mol. The predicted molar refractivity (Wildman–Crippen MR) is 82.6 cm³/mol. The Kier molecular flexibility index (Phi) is 4.25. The van der Waals surface area contributed by atoms with Gasteiger partial charge in [-0.3, -0.25) is 4.79 Å². The van der Waals surface area contributed by atoms with Crippen LogP contribution in [0.15, 0.2) is 48.5 Å². The summed E-state index contributed by atoms with van der Waals surface area (Å²) in [6.45, 7) is 0.914. The molecule has 0 bridgehead atoms. The summed E-state index contributed by atoms with van der Waals surface area (Å²) in [4.78, 5) is 11.6. The van der Waals surface area contributed by atoms with Gasteiger partial charge < -0.3 is 20.5 Å². The van der Waals surface area contributed by atoms with Gasteiger partial charge in [-0.1, -0.05) is 36.4 Å². The third-order valence-corrected chi connectivity index (χ3v) is 3.62. The fourth-order valence-electron chi connectivity index (χ4n) is 2.49. The van der Waals surface area contributed by atoms with Crippen molar-refractivity contribution in [1.82, 2.24) is 5.32 Å². The molecule has 0 fully saturated rings. The largest absolute Gasteiger partial charge is 0.454 e. The fourth-order valence-corrected chi connectivity index (χ4v) is 2.49. The molecule has 0 unspecified atom stereocenters. The molecule has 2 aromatic rings. The molecule has 0 radical (unpaired) electrons. The van der Waals surface area contributed by atoms with Gasteiger partial charge in [0.05, 0.1) is 0 Å². The van der Waals surface area contributed by atoms with E-state index in [9.17, 15) is 4.79 Å². The van der Waals surface area contributed by atoms with Crippen LogP contribution in [0, 0.1) is 0 Å². The van der Waals surface area contributed by atoms with Crippen LogP contribution in [0.4, 0.5) is 0 Å². The van der Waals surface area contributed by atoms with Crippen LogP contribution >= 0.6 is 0 Å². The Morgan fingerprint density at radius 1 is 1.14 bits per heavy atom. The van der Waals surface area contributed by atoms with Crippen LogP contribution in [0.5, 0.6) is 11.5 Å². The number of fused-ring (bicyclic) bond motifs is 1. The Morgan fingerprint density at radius 2 is 1.91 bits per heavy atom. The molecule has 1 aliphatic rings. The van der Waals surface area contributed by atoms with Crippen LogP contribution in [0.3, 0.4) is 0 Å². The van der Waals surface area contributed by atoms with Gasteiger partial charge in [0.15, 0.2) is 11.5 Å². The zero-order valence-corrected chi connectivity index (χ0v) is 12.1. The van der Waals surface area contributed by atoms with Crippen molar-refractivity contribution in [2.45, 2.75) is 12.5 Å². The highest BCUT2D eigenvalue weighted by Crippen LogP contribution is 2.32. The third kappa shape index (κ3) is 3.20. The lowest BCUT2D eigenvalue weighted by molar-refractivity contribution is -0.120. The van der Waals surface area contributed by atoms with Gasteiger partial charge in [0.1, 0.15) is 6.04 Å². The van der Waals surface area contributed by atoms with E-state index >= 15 is 0 Å². The van der Waals surface area contributed by atoms with E-state index in [1.165, 1.54) is 0 Å². The van der Waals surface area contributed by atoms with E-state index in [1.807, 2.05) is 48.5 Å². The molecule has 3 rings (SSSR count). The number of hydrogen-bond donors (Lipinski definition) is 2. The first-order valence-electron chi connectivity index (χ1n) is 7.20. The van der Waals surface area contributed by atoms with Gasteiger partial charge in [-0.15, -0.1) is 0 Å². The molecular weight excluding hydrogens is 280 g/mol. The molecule has 0 aromatic heterocycles. The Hall–Kier alpha value is -2.53. The summed E-state index contributed by atoms with van der Waals surface area (Å²) in [6.07, 6.45) is 0.771. The number of carbonyl (C=O) groups is 1. The molecule has 0 spiro atoms. The number of carbonyl (C=O) groups excluding carboxylic acids is 1. The minimum atomic E-state index is -0.477. The number of hydrogen-bond acceptors (Lipinski definition) is 4. The first-order valence-corrected chi connectivity index (χ1v) is 7.20. The van der Waals surface area contributed by atoms with Gasteiger partial charge in [-0.2, -0.15) is 0 Å². The molecule has 0 aliphatic carbocycles. The van der Waals surface area contributed by atoms with Gasteiger partial charge in [-0.05, 0) is 29.7 Å². The molecule has 2 aromatic carbocycles. The van der Waals surface area contributed by atoms with Crippen LogP contribution in [-0.4, -0.2) is 19.2 Å². The first-order chi connectivity index (χ1) is 10.7. The van der Waals surface area contributed by atoms with Crippen molar-refractivity contribution in [3.05, 3.63) is 59.7 Å². The maximum atomic E-state index is 11.6. The molecule has 1 heterocycles. The average molecular weight is 298 g/mol. The zero-order chi connectivity index (χ0) is 15.4. The average Bonchev–Trinajstić information content (AvgIpc) is 2.99. The molecule has 1 atom stereocenters. The lowest BCUT2D eigenvalue weighted by Crippen LogP contribution is -2.34. The second kappa shape index (κ2) is 6.49. The summed E-state index contributed by atoms with van der Waals surface area (Å²) in [7, 11) is 0. The SMILES string of the molecule is NC(=O)[C@@H](NCCc1ccc2c(c1)OCO2)c1ccccc1. The molecular formula is C17H18N2O3. The Bertz CT molecular complexity index is 658. The van der Waals surface area contributed by atoms with E-state index in [2.05, 4.69) is 5.32 Å². The van der Waals surface area contributed by atoms with Gasteiger partial charge in [0.2, 0.25) is 12.7 Å². The predicted octanol–water partition coefficient (Wildman–Crippen LogP) is 1.77. The van der Waals surface area contributed by atoms with Crippen LogP contribution in [-0.2, 0) is 11.2 Å². The standard InChI is InChI=1S/C17H18N2O3/c18-17(20)16(13-4-2-1-3-5-13)19-9-8-12-6-7-14-15(10-12)22-11-21-14/h1-7,10,16,19H,8-9,11H2,(H2,18,20)/t16-/m0/s1. The second-order valence-corrected chi connectivity index (χ2v) is 5.14. The molecule has 22 heavy (non-hydrogen) atoms. The van der Waals surface area contributed by atoms with E-state index in [4.69, 9.17) is 15.2 Å². The Labute approximate surface area is 129 Å². The number of nitrogens with one attached hydrogen (secondary N) is 1. The summed E-state index contributed by atoms with van der Waals surface area (Å²) in [5.74, 6) is 1.17. The topological polar surface area (TPSA) is 73.6 Å². The van der Waals surface area contributed by atoms with E-state index in [0.29, 0.717) is 6.54 Å². The van der Waals surface area contributed by atoms with E-state index in [-0.39, 0.29) is 12.7 Å². The minimum Gasteiger partial charge on any atom is -0.454 e. The quantitative estimate of drug-likeness (QED) is 0.852. The summed E-state index contributed by atoms with van der Waals surface area (Å²) >= 11 is 0. The van der Waals surface area contributed by atoms with Gasteiger partial charge in [-0.25, -0.2) is 0 Å². The number of ether oxygens (including phenoxy) is 2.